The maximum atomic E-state index is 12.2. The van der Waals surface area contributed by atoms with Crippen LogP contribution in [0.1, 0.15) is 264 Å². The molecule has 0 radical (unpaired) electrons. The van der Waals surface area contributed by atoms with E-state index < -0.39 is 12.1 Å². The first-order valence-electron chi connectivity index (χ1n) is 23.4. The van der Waals surface area contributed by atoms with Crippen LogP contribution < -0.4 is 5.32 Å². The van der Waals surface area contributed by atoms with Crippen LogP contribution in [0.3, 0.4) is 0 Å². The molecule has 4 nitrogen and oxygen atoms in total. The van der Waals surface area contributed by atoms with Crippen molar-refractivity contribution in [1.82, 2.24) is 5.32 Å². The summed E-state index contributed by atoms with van der Waals surface area (Å²) in [6.45, 7) is 4.23. The van der Waals surface area contributed by atoms with E-state index in [1.165, 1.54) is 218 Å². The molecule has 1 amide bonds. The Kier molecular flexibility index (Phi) is 42.8. The Hall–Kier alpha value is -0.870. The van der Waals surface area contributed by atoms with Gasteiger partial charge in [0.05, 0.1) is 18.8 Å². The first-order chi connectivity index (χ1) is 25.2. The molecular weight excluding hydrogens is 627 g/mol. The molecular formula is C47H93NO3. The van der Waals surface area contributed by atoms with E-state index in [-0.39, 0.29) is 12.5 Å². The number of carbonyl (C=O) groups excluding carboxylic acids is 1. The average molecular weight is 720 g/mol. The van der Waals surface area contributed by atoms with E-state index in [1.54, 1.807) is 6.08 Å². The topological polar surface area (TPSA) is 69.6 Å². The third-order valence-electron chi connectivity index (χ3n) is 11.0. The van der Waals surface area contributed by atoms with Crippen molar-refractivity contribution in [2.24, 2.45) is 0 Å². The summed E-state index contributed by atoms with van der Waals surface area (Å²) in [5, 5.41) is 22.6. The molecule has 3 N–H and O–H groups in total. The number of carbonyl (C=O) groups is 1. The highest BCUT2D eigenvalue weighted by atomic mass is 16.3. The van der Waals surface area contributed by atoms with Gasteiger partial charge < -0.3 is 15.5 Å². The molecule has 0 aliphatic carbocycles. The van der Waals surface area contributed by atoms with Crippen LogP contribution in [0.5, 0.6) is 0 Å². The molecule has 0 spiro atoms. The molecule has 0 aliphatic rings. The van der Waals surface area contributed by atoms with Crippen molar-refractivity contribution in [3.05, 3.63) is 12.2 Å². The Morgan fingerprint density at radius 2 is 0.725 bits per heavy atom. The maximum absolute atomic E-state index is 12.2. The van der Waals surface area contributed by atoms with Crippen LogP contribution in [0.4, 0.5) is 0 Å². The first kappa shape index (κ1) is 50.1. The van der Waals surface area contributed by atoms with E-state index in [0.717, 1.165) is 25.7 Å². The zero-order chi connectivity index (χ0) is 37.1. The van der Waals surface area contributed by atoms with Crippen molar-refractivity contribution in [1.29, 1.82) is 0 Å². The van der Waals surface area contributed by atoms with Gasteiger partial charge in [-0.2, -0.15) is 0 Å². The fourth-order valence-electron chi connectivity index (χ4n) is 7.42. The lowest BCUT2D eigenvalue weighted by Gasteiger charge is -2.20. The Balaban J connectivity index is 3.27. The van der Waals surface area contributed by atoms with E-state index in [2.05, 4.69) is 19.2 Å². The fraction of sp³-hybridized carbons (Fsp3) is 0.936. The minimum Gasteiger partial charge on any atom is -0.394 e. The Labute approximate surface area is 320 Å². The van der Waals surface area contributed by atoms with Crippen LogP contribution in [0.25, 0.3) is 0 Å². The average Bonchev–Trinajstić information content (AvgIpc) is 3.13. The predicted molar refractivity (Wildman–Crippen MR) is 226 cm³/mol. The number of nitrogens with one attached hydrogen (secondary N) is 1. The summed E-state index contributed by atoms with van der Waals surface area (Å²) < 4.78 is 0. The van der Waals surface area contributed by atoms with Gasteiger partial charge in [0, 0.05) is 6.42 Å². The van der Waals surface area contributed by atoms with Crippen molar-refractivity contribution >= 4 is 5.91 Å². The Morgan fingerprint density at radius 1 is 0.451 bits per heavy atom. The summed E-state index contributed by atoms with van der Waals surface area (Å²) in [6, 6.07) is -0.613. The van der Waals surface area contributed by atoms with E-state index in [4.69, 9.17) is 0 Å². The number of hydrogen-bond acceptors (Lipinski definition) is 3. The van der Waals surface area contributed by atoms with Crippen molar-refractivity contribution in [3.8, 4) is 0 Å². The van der Waals surface area contributed by atoms with Crippen LogP contribution >= 0.6 is 0 Å². The second-order valence-corrected chi connectivity index (χ2v) is 16.2. The van der Waals surface area contributed by atoms with Gasteiger partial charge in [-0.3, -0.25) is 4.79 Å². The standard InChI is InChI=1S/C47H93NO3/c1-3-5-7-9-10-11-12-13-14-15-16-17-18-19-20-21-22-23-24-25-26-27-28-29-30-31-32-33-34-35-36-37-39-41-43-47(51)48-45(44-49)46(50)42-40-38-8-6-4-2/h40,42,45-46,49-50H,3-39,41,43-44H2,1-2H3,(H,48,51)/b42-40+. The van der Waals surface area contributed by atoms with Crippen LogP contribution in [0, 0.1) is 0 Å². The van der Waals surface area contributed by atoms with Crippen molar-refractivity contribution in [2.45, 2.75) is 276 Å². The minimum absolute atomic E-state index is 0.0663. The molecule has 0 aliphatic heterocycles. The van der Waals surface area contributed by atoms with Gasteiger partial charge in [0.25, 0.3) is 0 Å². The highest BCUT2D eigenvalue weighted by Gasteiger charge is 2.17. The second kappa shape index (κ2) is 43.5. The lowest BCUT2D eigenvalue weighted by atomic mass is 10.0. The summed E-state index contributed by atoms with van der Waals surface area (Å²) >= 11 is 0. The Morgan fingerprint density at radius 3 is 1.02 bits per heavy atom. The molecule has 0 aromatic carbocycles. The molecule has 4 heteroatoms. The molecule has 0 aromatic heterocycles. The van der Waals surface area contributed by atoms with Crippen LogP contribution in [-0.2, 0) is 4.79 Å². The zero-order valence-electron chi connectivity index (χ0n) is 34.9. The van der Waals surface area contributed by atoms with Crippen LogP contribution in [0.2, 0.25) is 0 Å². The number of aliphatic hydroxyl groups excluding tert-OH is 2. The van der Waals surface area contributed by atoms with E-state index >= 15 is 0 Å². The molecule has 0 bridgehead atoms. The van der Waals surface area contributed by atoms with Crippen molar-refractivity contribution in [2.75, 3.05) is 6.61 Å². The first-order valence-corrected chi connectivity index (χ1v) is 23.4. The third-order valence-corrected chi connectivity index (χ3v) is 11.0. The SMILES string of the molecule is CCCCC/C=C/C(O)C(CO)NC(=O)CCCCCCCCCCCCCCCCCCCCCCCCCCCCCCCCCCCC. The highest BCUT2D eigenvalue weighted by molar-refractivity contribution is 5.76. The summed E-state index contributed by atoms with van der Waals surface area (Å²) in [5.74, 6) is -0.0663. The number of hydrogen-bond donors (Lipinski definition) is 3. The molecule has 0 heterocycles. The number of aliphatic hydroxyl groups is 2. The molecule has 0 aromatic rings. The van der Waals surface area contributed by atoms with E-state index in [0.29, 0.717) is 6.42 Å². The number of unbranched alkanes of at least 4 members (excludes halogenated alkanes) is 36. The van der Waals surface area contributed by atoms with Gasteiger partial charge in [-0.05, 0) is 19.3 Å². The Bertz CT molecular complexity index is 695. The molecule has 0 saturated carbocycles. The van der Waals surface area contributed by atoms with Gasteiger partial charge >= 0.3 is 0 Å². The fourth-order valence-corrected chi connectivity index (χ4v) is 7.42. The van der Waals surface area contributed by atoms with E-state index in [9.17, 15) is 15.0 Å². The smallest absolute Gasteiger partial charge is 0.220 e. The zero-order valence-corrected chi connectivity index (χ0v) is 34.9. The van der Waals surface area contributed by atoms with Gasteiger partial charge in [0.15, 0.2) is 0 Å². The number of rotatable bonds is 43. The lowest BCUT2D eigenvalue weighted by molar-refractivity contribution is -0.123. The van der Waals surface area contributed by atoms with Crippen molar-refractivity contribution in [3.63, 3.8) is 0 Å². The molecule has 0 rings (SSSR count). The third kappa shape index (κ3) is 40.2. The van der Waals surface area contributed by atoms with Gasteiger partial charge in [0.1, 0.15) is 0 Å². The molecule has 2 unspecified atom stereocenters. The molecule has 0 saturated heterocycles. The summed E-state index contributed by atoms with van der Waals surface area (Å²) in [7, 11) is 0. The molecule has 304 valence electrons. The second-order valence-electron chi connectivity index (χ2n) is 16.2. The predicted octanol–water partition coefficient (Wildman–Crippen LogP) is 14.6. The quantitative estimate of drug-likeness (QED) is 0.0434. The molecule has 2 atom stereocenters. The summed E-state index contributed by atoms with van der Waals surface area (Å²) in [6.07, 6.45) is 55.4. The minimum atomic E-state index is -0.830. The molecule has 0 fully saturated rings. The number of amides is 1. The summed E-state index contributed by atoms with van der Waals surface area (Å²) in [5.41, 5.74) is 0. The van der Waals surface area contributed by atoms with Crippen molar-refractivity contribution < 1.29 is 15.0 Å². The maximum Gasteiger partial charge on any atom is 0.220 e. The van der Waals surface area contributed by atoms with Crippen LogP contribution in [0.15, 0.2) is 12.2 Å². The lowest BCUT2D eigenvalue weighted by Crippen LogP contribution is -2.45. The van der Waals surface area contributed by atoms with Crippen LogP contribution in [-0.4, -0.2) is 34.9 Å². The largest absolute Gasteiger partial charge is 0.394 e. The van der Waals surface area contributed by atoms with Gasteiger partial charge in [-0.15, -0.1) is 0 Å². The number of allylic oxidation sites excluding steroid dienone is 1. The monoisotopic (exact) mass is 720 g/mol. The van der Waals surface area contributed by atoms with E-state index in [1.807, 2.05) is 6.08 Å². The highest BCUT2D eigenvalue weighted by Crippen LogP contribution is 2.17. The molecule has 51 heavy (non-hydrogen) atoms. The van der Waals surface area contributed by atoms with Gasteiger partial charge in [-0.25, -0.2) is 0 Å². The van der Waals surface area contributed by atoms with Gasteiger partial charge in [-0.1, -0.05) is 251 Å². The normalized spacial score (nSPS) is 12.9. The van der Waals surface area contributed by atoms with Gasteiger partial charge in [0.2, 0.25) is 5.91 Å². The summed E-state index contributed by atoms with van der Waals surface area (Å²) in [4.78, 5) is 12.2.